The van der Waals surface area contributed by atoms with Crippen LogP contribution in [0.3, 0.4) is 0 Å². The maximum absolute atomic E-state index is 10.2. The van der Waals surface area contributed by atoms with Gasteiger partial charge in [-0.1, -0.05) is 36.4 Å². The van der Waals surface area contributed by atoms with Crippen molar-refractivity contribution in [2.24, 2.45) is 0 Å². The molecule has 0 heterocycles. The van der Waals surface area contributed by atoms with Crippen molar-refractivity contribution in [1.29, 1.82) is 0 Å². The first kappa shape index (κ1) is 25.6. The third-order valence-corrected chi connectivity index (χ3v) is 2.04. The van der Waals surface area contributed by atoms with E-state index in [1.54, 1.807) is 60.7 Å². The summed E-state index contributed by atoms with van der Waals surface area (Å²) in [5.74, 6) is -1.76. The van der Waals surface area contributed by atoms with Gasteiger partial charge in [0, 0.05) is 19.5 Å². The van der Waals surface area contributed by atoms with Crippen molar-refractivity contribution < 1.29 is 49.6 Å². The number of carboxylic acids is 2. The second-order valence-corrected chi connectivity index (χ2v) is 3.55. The molecule has 0 atom stereocenters. The molecule has 0 aromatic heterocycles. The number of hydrogen-bond acceptors (Lipinski definition) is 3. The molecule has 2 aromatic rings. The first-order valence-corrected chi connectivity index (χ1v) is 5.88. The van der Waals surface area contributed by atoms with Gasteiger partial charge >= 0.3 is 11.9 Å². The summed E-state index contributed by atoms with van der Waals surface area (Å²) in [6.45, 7) is 1.32. The van der Waals surface area contributed by atoms with Crippen molar-refractivity contribution in [1.82, 2.24) is 0 Å². The summed E-state index contributed by atoms with van der Waals surface area (Å²) in [7, 11) is 0. The summed E-state index contributed by atoms with van der Waals surface area (Å²) < 4.78 is 0. The minimum atomic E-state index is -0.879. The Balaban J connectivity index is -0.000000277. The van der Waals surface area contributed by atoms with Gasteiger partial charge in [-0.3, -0.25) is 6.29 Å². The van der Waals surface area contributed by atoms with Crippen LogP contribution in [0.2, 0.25) is 0 Å². The average Bonchev–Trinajstić information content (AvgIpc) is 2.50. The molecule has 23 heavy (non-hydrogen) atoms. The smallest absolute Gasteiger partial charge is 0.335 e. The van der Waals surface area contributed by atoms with Gasteiger partial charge in [0.15, 0.2) is 0 Å². The number of rotatable bonds is 2. The van der Waals surface area contributed by atoms with E-state index in [1.807, 2.05) is 0 Å². The molecule has 0 radical (unpaired) electrons. The van der Waals surface area contributed by atoms with Crippen LogP contribution in [0.25, 0.3) is 0 Å². The van der Waals surface area contributed by atoms with E-state index >= 15 is 0 Å². The van der Waals surface area contributed by atoms with Crippen LogP contribution in [0.1, 0.15) is 27.6 Å². The predicted octanol–water partition coefficient (Wildman–Crippen LogP) is 2.06. The van der Waals surface area contributed by atoms with Gasteiger partial charge in [0.2, 0.25) is 0 Å². The molecule has 0 amide bonds. The first-order valence-electron chi connectivity index (χ1n) is 5.88. The van der Waals surface area contributed by atoms with Crippen LogP contribution in [0.4, 0.5) is 0 Å². The van der Waals surface area contributed by atoms with E-state index in [9.17, 15) is 9.59 Å². The van der Waals surface area contributed by atoms with Gasteiger partial charge in [0.05, 0.1) is 11.1 Å². The summed E-state index contributed by atoms with van der Waals surface area (Å²) in [5, 5.41) is 16.8. The van der Waals surface area contributed by atoms with Gasteiger partial charge in [-0.05, 0) is 24.3 Å². The summed E-state index contributed by atoms with van der Waals surface area (Å²) >= 11 is 0. The van der Waals surface area contributed by atoms with Crippen molar-refractivity contribution >= 4 is 18.2 Å². The Morgan fingerprint density at radius 1 is 0.783 bits per heavy atom. The van der Waals surface area contributed by atoms with Crippen molar-refractivity contribution in [3.8, 4) is 0 Å². The topological polar surface area (TPSA) is 123 Å². The second kappa shape index (κ2) is 16.0. The second-order valence-electron chi connectivity index (χ2n) is 3.55. The number of carboxylic acid groups (broad SMARTS) is 2. The van der Waals surface area contributed by atoms with Crippen LogP contribution in [0, 0.1) is 0 Å². The molecule has 0 aliphatic heterocycles. The molecule has 0 aliphatic carbocycles. The summed E-state index contributed by atoms with van der Waals surface area (Å²) in [6, 6.07) is 16.6. The van der Waals surface area contributed by atoms with Gasteiger partial charge in [-0.15, -0.1) is 0 Å². The van der Waals surface area contributed by atoms with Crippen LogP contribution < -0.4 is 0 Å². The zero-order chi connectivity index (χ0) is 16.1. The predicted molar refractivity (Wildman–Crippen MR) is 81.8 cm³/mol. The minimum Gasteiger partial charge on any atom is -0.542 e. The molecule has 120 valence electrons. The quantitative estimate of drug-likeness (QED) is 0.618. The monoisotopic (exact) mass is 369 g/mol. The van der Waals surface area contributed by atoms with Gasteiger partial charge in [-0.25, -0.2) is 9.59 Å². The van der Waals surface area contributed by atoms with Crippen LogP contribution in [-0.2, 0) is 24.3 Å². The fraction of sp³-hybridized carbons (Fsp3) is 0.0625. The third kappa shape index (κ3) is 13.0. The summed E-state index contributed by atoms with van der Waals surface area (Å²) in [6.07, 6.45) is 1.50. The standard InChI is InChI=1S/2C7H6O2.C2H3O.H2O.Zn/c2*8-7(9)6-4-2-1-3-5-6;1-2-3;;/h2*1-5H,(H,8,9);1H3;1H2;/q;;-1;;. The summed E-state index contributed by atoms with van der Waals surface area (Å²) in [4.78, 5) is 29.1. The largest absolute Gasteiger partial charge is 0.542 e. The van der Waals surface area contributed by atoms with E-state index in [-0.39, 0.29) is 25.0 Å². The Morgan fingerprint density at radius 3 is 1.13 bits per heavy atom. The molecule has 0 spiro atoms. The van der Waals surface area contributed by atoms with E-state index in [2.05, 4.69) is 0 Å². The van der Waals surface area contributed by atoms with E-state index in [0.717, 1.165) is 0 Å². The first-order chi connectivity index (χ1) is 10.0. The fourth-order valence-corrected chi connectivity index (χ4v) is 1.16. The molecule has 0 saturated carbocycles. The minimum absolute atomic E-state index is 0. The Hall–Kier alpha value is -2.37. The molecule has 2 aromatic carbocycles. The number of aromatic carboxylic acids is 2. The zero-order valence-corrected chi connectivity index (χ0v) is 15.6. The molecule has 4 N–H and O–H groups in total. The third-order valence-electron chi connectivity index (χ3n) is 2.04. The number of carbonyl (C=O) groups is 2. The van der Waals surface area contributed by atoms with Crippen molar-refractivity contribution in [3.63, 3.8) is 0 Å². The van der Waals surface area contributed by atoms with Crippen molar-refractivity contribution in [2.45, 2.75) is 6.92 Å². The van der Waals surface area contributed by atoms with Crippen LogP contribution in [0.15, 0.2) is 60.7 Å². The maximum atomic E-state index is 10.2. The molecular formula is C16H17O6Zn-. The van der Waals surface area contributed by atoms with Crippen LogP contribution in [-0.4, -0.2) is 33.9 Å². The molecule has 0 aliphatic rings. The Bertz CT molecular complexity index is 508. The number of carbonyl (C=O) groups excluding carboxylic acids is 1. The molecule has 0 unspecified atom stereocenters. The van der Waals surface area contributed by atoms with Gasteiger partial charge in [0.1, 0.15) is 0 Å². The van der Waals surface area contributed by atoms with Crippen LogP contribution in [0.5, 0.6) is 0 Å². The normalized spacial score (nSPS) is 7.52. The molecular weight excluding hydrogens is 354 g/mol. The van der Waals surface area contributed by atoms with Gasteiger partial charge < -0.3 is 20.5 Å². The van der Waals surface area contributed by atoms with Gasteiger partial charge in [-0.2, -0.15) is 6.92 Å². The van der Waals surface area contributed by atoms with Crippen molar-refractivity contribution in [3.05, 3.63) is 71.8 Å². The van der Waals surface area contributed by atoms with E-state index in [4.69, 9.17) is 15.0 Å². The van der Waals surface area contributed by atoms with Crippen molar-refractivity contribution in [2.75, 3.05) is 0 Å². The Labute approximate surface area is 146 Å². The van der Waals surface area contributed by atoms with Gasteiger partial charge in [0.25, 0.3) is 0 Å². The fourth-order valence-electron chi connectivity index (χ4n) is 1.16. The van der Waals surface area contributed by atoms with E-state index in [0.29, 0.717) is 11.1 Å². The summed E-state index contributed by atoms with van der Waals surface area (Å²) in [5.41, 5.74) is 0.662. The average molecular weight is 371 g/mol. The zero-order valence-electron chi connectivity index (χ0n) is 12.6. The molecule has 6 nitrogen and oxygen atoms in total. The number of benzene rings is 2. The molecule has 2 rings (SSSR count). The molecule has 0 bridgehead atoms. The molecule has 0 fully saturated rings. The Kier molecular flexibility index (Phi) is 17.8. The van der Waals surface area contributed by atoms with Crippen LogP contribution >= 0.6 is 0 Å². The van der Waals surface area contributed by atoms with E-state index in [1.165, 1.54) is 13.2 Å². The molecule has 0 saturated heterocycles. The number of hydrogen-bond donors (Lipinski definition) is 2. The Morgan fingerprint density at radius 2 is 1.00 bits per heavy atom. The SMILES string of the molecule is C[C-]=O.O.O=C(O)c1ccccc1.O=C(O)c1ccccc1.[Zn]. The van der Waals surface area contributed by atoms with E-state index < -0.39 is 11.9 Å². The maximum Gasteiger partial charge on any atom is 0.335 e. The molecule has 7 heteroatoms.